The van der Waals surface area contributed by atoms with Crippen molar-refractivity contribution in [1.82, 2.24) is 0 Å². The Morgan fingerprint density at radius 1 is 0.469 bits per heavy atom. The molecule has 0 bridgehead atoms. The molecule has 0 aliphatic heterocycles. The molecule has 6 nitrogen and oxygen atoms in total. The number of esters is 2. The Morgan fingerprint density at radius 3 is 1.10 bits per heavy atom. The first kappa shape index (κ1) is 47.3. The predicted octanol–water partition coefficient (Wildman–Crippen LogP) is 11.6. The van der Waals surface area contributed by atoms with E-state index in [0.29, 0.717) is 50.2 Å². The van der Waals surface area contributed by atoms with Crippen molar-refractivity contribution < 1.29 is 28.7 Å². The second-order valence-corrected chi connectivity index (χ2v) is 14.6. The van der Waals surface area contributed by atoms with Gasteiger partial charge in [0.25, 0.3) is 0 Å². The second-order valence-electron chi connectivity index (χ2n) is 14.6. The first-order chi connectivity index (χ1) is 24.0. The number of allylic oxidation sites excluding steroid dienone is 4. The van der Waals surface area contributed by atoms with Gasteiger partial charge in [0, 0.05) is 12.8 Å². The zero-order valence-electron chi connectivity index (χ0n) is 32.9. The molecule has 0 fully saturated rings. The number of unbranched alkanes of at least 4 members (excludes halogenated alkanes) is 22. The minimum absolute atomic E-state index is 0.0439. The van der Waals surface area contributed by atoms with Crippen molar-refractivity contribution in [3.8, 4) is 0 Å². The third-order valence-corrected chi connectivity index (χ3v) is 9.71. The number of rotatable bonds is 38. The third kappa shape index (κ3) is 36.0. The number of likely N-dealkylation sites (N-methyl/N-ethyl adjacent to an activating group) is 1. The van der Waals surface area contributed by atoms with Crippen LogP contribution in [0, 0.1) is 0 Å². The Kier molecular flexibility index (Phi) is 36.3. The van der Waals surface area contributed by atoms with E-state index in [1.165, 1.54) is 141 Å². The number of carbonyl (C=O) groups is 2. The number of nitrogens with zero attached hydrogens (tertiary/aromatic N) is 1. The molecule has 0 spiro atoms. The van der Waals surface area contributed by atoms with Gasteiger partial charge in [-0.25, -0.2) is 0 Å². The van der Waals surface area contributed by atoms with Crippen LogP contribution in [0.2, 0.25) is 0 Å². The number of quaternary nitrogens is 1. The van der Waals surface area contributed by atoms with Crippen molar-refractivity contribution in [2.24, 2.45) is 0 Å². The van der Waals surface area contributed by atoms with Gasteiger partial charge < -0.3 is 19.1 Å². The zero-order valence-corrected chi connectivity index (χ0v) is 32.9. The van der Waals surface area contributed by atoms with Crippen LogP contribution in [0.4, 0.5) is 0 Å². The summed E-state index contributed by atoms with van der Waals surface area (Å²) in [7, 11) is 2.02. The molecular weight excluding hydrogens is 610 g/mol. The lowest BCUT2D eigenvalue weighted by Crippen LogP contribution is -2.50. The Balaban J connectivity index is 3.75. The molecular formula is C43H82NO5+. The fraction of sp³-hybridized carbons (Fsp3) is 0.860. The van der Waals surface area contributed by atoms with Gasteiger partial charge in [0.15, 0.2) is 0 Å². The topological polar surface area (TPSA) is 72.8 Å². The molecule has 0 saturated carbocycles. The Morgan fingerprint density at radius 2 is 0.776 bits per heavy atom. The number of ether oxygens (including phenoxy) is 2. The van der Waals surface area contributed by atoms with E-state index >= 15 is 0 Å². The highest BCUT2D eigenvalue weighted by molar-refractivity contribution is 5.69. The minimum Gasteiger partial charge on any atom is -0.460 e. The highest BCUT2D eigenvalue weighted by Gasteiger charge is 2.22. The summed E-state index contributed by atoms with van der Waals surface area (Å²) in [5.74, 6) is -0.279. The van der Waals surface area contributed by atoms with E-state index in [1.807, 2.05) is 7.05 Å². The molecule has 0 atom stereocenters. The van der Waals surface area contributed by atoms with Crippen LogP contribution < -0.4 is 0 Å². The van der Waals surface area contributed by atoms with Gasteiger partial charge in [-0.15, -0.1) is 0 Å². The molecule has 0 unspecified atom stereocenters. The Hall–Kier alpha value is -1.66. The lowest BCUT2D eigenvalue weighted by Gasteiger charge is -2.33. The molecule has 49 heavy (non-hydrogen) atoms. The van der Waals surface area contributed by atoms with Crippen LogP contribution in [0.15, 0.2) is 24.3 Å². The summed E-state index contributed by atoms with van der Waals surface area (Å²) in [6, 6.07) is 0. The van der Waals surface area contributed by atoms with Crippen molar-refractivity contribution in [3.05, 3.63) is 24.3 Å². The number of aliphatic hydroxyl groups excluding tert-OH is 1. The fourth-order valence-corrected chi connectivity index (χ4v) is 6.16. The quantitative estimate of drug-likeness (QED) is 0.0302. The monoisotopic (exact) mass is 693 g/mol. The van der Waals surface area contributed by atoms with Crippen LogP contribution in [-0.4, -0.2) is 68.0 Å². The van der Waals surface area contributed by atoms with Gasteiger partial charge in [-0.3, -0.25) is 9.59 Å². The van der Waals surface area contributed by atoms with Crippen LogP contribution in [0.3, 0.4) is 0 Å². The van der Waals surface area contributed by atoms with E-state index in [9.17, 15) is 14.7 Å². The summed E-state index contributed by atoms with van der Waals surface area (Å²) in [5, 5.41) is 9.58. The van der Waals surface area contributed by atoms with Gasteiger partial charge in [0.05, 0.1) is 13.7 Å². The molecule has 0 aliphatic rings. The van der Waals surface area contributed by atoms with Crippen molar-refractivity contribution in [2.75, 3.05) is 46.5 Å². The number of hydrogen-bond donors (Lipinski definition) is 1. The van der Waals surface area contributed by atoms with E-state index in [-0.39, 0.29) is 18.5 Å². The van der Waals surface area contributed by atoms with Crippen molar-refractivity contribution in [3.63, 3.8) is 0 Å². The van der Waals surface area contributed by atoms with E-state index in [0.717, 1.165) is 25.7 Å². The van der Waals surface area contributed by atoms with E-state index in [4.69, 9.17) is 9.47 Å². The summed E-state index contributed by atoms with van der Waals surface area (Å²) in [6.45, 7) is 6.96. The van der Waals surface area contributed by atoms with Crippen LogP contribution >= 0.6 is 0 Å². The molecule has 288 valence electrons. The molecule has 6 heteroatoms. The number of hydrogen-bond acceptors (Lipinski definition) is 5. The molecule has 0 amide bonds. The molecule has 0 radical (unpaired) electrons. The normalized spacial score (nSPS) is 12.0. The minimum atomic E-state index is -0.139. The predicted molar refractivity (Wildman–Crippen MR) is 209 cm³/mol. The first-order valence-electron chi connectivity index (χ1n) is 21.0. The maximum atomic E-state index is 12.2. The molecule has 0 saturated heterocycles. The SMILES string of the molecule is CCCCCCCC/C=C\CCCCCCCC(=O)OCC[N+](C)(CCO)CCOC(=O)CCCCCCC/C=C\CCCCCCCC. The average molecular weight is 693 g/mol. The van der Waals surface area contributed by atoms with E-state index in [1.54, 1.807) is 0 Å². The zero-order chi connectivity index (χ0) is 35.9. The molecule has 0 heterocycles. The van der Waals surface area contributed by atoms with Gasteiger partial charge in [0.1, 0.15) is 32.8 Å². The molecule has 0 aromatic carbocycles. The smallest absolute Gasteiger partial charge is 0.305 e. The Bertz CT molecular complexity index is 722. The highest BCUT2D eigenvalue weighted by atomic mass is 16.5. The summed E-state index contributed by atoms with van der Waals surface area (Å²) in [5.41, 5.74) is 0. The van der Waals surface area contributed by atoms with Crippen molar-refractivity contribution in [1.29, 1.82) is 0 Å². The van der Waals surface area contributed by atoms with Crippen LogP contribution in [-0.2, 0) is 19.1 Å². The second kappa shape index (κ2) is 37.6. The average Bonchev–Trinajstić information content (AvgIpc) is 3.08. The molecule has 0 aromatic rings. The maximum absolute atomic E-state index is 12.2. The van der Waals surface area contributed by atoms with E-state index < -0.39 is 0 Å². The van der Waals surface area contributed by atoms with Gasteiger partial charge >= 0.3 is 11.9 Å². The van der Waals surface area contributed by atoms with Gasteiger partial charge in [-0.05, 0) is 64.2 Å². The van der Waals surface area contributed by atoms with Gasteiger partial charge in [-0.1, -0.05) is 141 Å². The Labute approximate surface area is 304 Å². The van der Waals surface area contributed by atoms with Crippen molar-refractivity contribution in [2.45, 2.75) is 194 Å². The summed E-state index contributed by atoms with van der Waals surface area (Å²) < 4.78 is 11.5. The van der Waals surface area contributed by atoms with Crippen molar-refractivity contribution >= 4 is 11.9 Å². The fourth-order valence-electron chi connectivity index (χ4n) is 6.16. The largest absolute Gasteiger partial charge is 0.460 e. The lowest BCUT2D eigenvalue weighted by molar-refractivity contribution is -0.910. The molecule has 1 N–H and O–H groups in total. The van der Waals surface area contributed by atoms with Crippen LogP contribution in [0.5, 0.6) is 0 Å². The van der Waals surface area contributed by atoms with Gasteiger partial charge in [0.2, 0.25) is 0 Å². The number of carbonyl (C=O) groups excluding carboxylic acids is 2. The summed E-state index contributed by atoms with van der Waals surface area (Å²) in [6.07, 6.45) is 42.5. The summed E-state index contributed by atoms with van der Waals surface area (Å²) in [4.78, 5) is 24.5. The van der Waals surface area contributed by atoms with Crippen LogP contribution in [0.25, 0.3) is 0 Å². The summed E-state index contributed by atoms with van der Waals surface area (Å²) >= 11 is 0. The first-order valence-corrected chi connectivity index (χ1v) is 21.0. The number of aliphatic hydroxyl groups is 1. The van der Waals surface area contributed by atoms with E-state index in [2.05, 4.69) is 38.2 Å². The molecule has 0 aliphatic carbocycles. The lowest BCUT2D eigenvalue weighted by atomic mass is 10.1. The molecule has 0 aromatic heterocycles. The highest BCUT2D eigenvalue weighted by Crippen LogP contribution is 2.12. The maximum Gasteiger partial charge on any atom is 0.305 e. The third-order valence-electron chi connectivity index (χ3n) is 9.71. The standard InChI is InChI=1S/C43H82NO5/c1-4-6-8-10-12-14-16-18-20-22-24-26-28-30-32-34-42(46)48-40-37-44(3,36-39-45)38-41-49-43(47)35-33-31-29-27-25-23-21-19-17-15-13-11-9-7-5-2/h18-21,45H,4-17,22-41H2,1-3H3/q+1/b20-18-,21-19-. The van der Waals surface area contributed by atoms with Crippen LogP contribution in [0.1, 0.15) is 194 Å². The molecule has 0 rings (SSSR count). The van der Waals surface area contributed by atoms with Gasteiger partial charge in [-0.2, -0.15) is 0 Å².